The lowest BCUT2D eigenvalue weighted by Gasteiger charge is -2.14. The molecule has 2 aromatic carbocycles. The first-order chi connectivity index (χ1) is 13.3. The average molecular weight is 403 g/mol. The molecule has 0 saturated heterocycles. The van der Waals surface area contributed by atoms with E-state index in [2.05, 4.69) is 10.9 Å². The number of methoxy groups -OCH3 is 1. The van der Waals surface area contributed by atoms with Crippen LogP contribution >= 0.6 is 11.8 Å². The van der Waals surface area contributed by atoms with Gasteiger partial charge >= 0.3 is 0 Å². The number of benzene rings is 2. The smallest absolute Gasteiger partial charge is 0.269 e. The van der Waals surface area contributed by atoms with E-state index in [1.807, 2.05) is 45.9 Å². The number of carbonyl (C=O) groups excluding carboxylic acids is 2. The highest BCUT2D eigenvalue weighted by Gasteiger charge is 2.13. The van der Waals surface area contributed by atoms with Crippen molar-refractivity contribution in [2.75, 3.05) is 12.9 Å². The second-order valence-corrected chi connectivity index (χ2v) is 7.62. The number of hydrazine groups is 1. The van der Waals surface area contributed by atoms with E-state index in [-0.39, 0.29) is 17.8 Å². The molecule has 0 atom stereocenters. The van der Waals surface area contributed by atoms with E-state index in [9.17, 15) is 9.59 Å². The van der Waals surface area contributed by atoms with E-state index < -0.39 is 5.91 Å². The van der Waals surface area contributed by atoms with E-state index in [0.717, 1.165) is 4.90 Å². The Morgan fingerprint density at radius 1 is 1.00 bits per heavy atom. The van der Waals surface area contributed by atoms with E-state index in [0.29, 0.717) is 17.1 Å². The first-order valence-electron chi connectivity index (χ1n) is 8.94. The molecular weight excluding hydrogens is 376 g/mol. The number of hydrogen-bond acceptors (Lipinski definition) is 5. The standard InChI is InChI=1S/C21H26N2O4S/c1-13(2)27-18-9-7-16(11-19(18)26-5)21(25)23-22-20(24)12-28-17-8-6-14(3)15(4)10-17/h6-11,13H,12H2,1-5H3,(H,22,24)(H,23,25). The van der Waals surface area contributed by atoms with Gasteiger partial charge < -0.3 is 9.47 Å². The van der Waals surface area contributed by atoms with Crippen LogP contribution in [0.25, 0.3) is 0 Å². The first-order valence-corrected chi connectivity index (χ1v) is 9.92. The molecule has 0 bridgehead atoms. The lowest BCUT2D eigenvalue weighted by atomic mass is 10.1. The topological polar surface area (TPSA) is 76.7 Å². The molecule has 0 radical (unpaired) electrons. The number of thioether (sulfide) groups is 1. The van der Waals surface area contributed by atoms with Crippen molar-refractivity contribution >= 4 is 23.6 Å². The molecule has 2 aromatic rings. The van der Waals surface area contributed by atoms with Crippen molar-refractivity contribution in [2.45, 2.75) is 38.7 Å². The lowest BCUT2D eigenvalue weighted by molar-refractivity contribution is -0.119. The second-order valence-electron chi connectivity index (χ2n) is 6.57. The number of carbonyl (C=O) groups is 2. The number of ether oxygens (including phenoxy) is 2. The molecule has 6 nitrogen and oxygen atoms in total. The molecule has 0 aliphatic carbocycles. The van der Waals surface area contributed by atoms with Crippen molar-refractivity contribution in [1.82, 2.24) is 10.9 Å². The Balaban J connectivity index is 1.88. The molecule has 0 unspecified atom stereocenters. The summed E-state index contributed by atoms with van der Waals surface area (Å²) >= 11 is 1.41. The summed E-state index contributed by atoms with van der Waals surface area (Å²) < 4.78 is 10.9. The van der Waals surface area contributed by atoms with Crippen LogP contribution in [0.15, 0.2) is 41.3 Å². The Hall–Kier alpha value is -2.67. The van der Waals surface area contributed by atoms with Gasteiger partial charge in [-0.3, -0.25) is 20.4 Å². The first kappa shape index (κ1) is 21.6. The zero-order valence-electron chi connectivity index (χ0n) is 16.8. The molecule has 0 aromatic heterocycles. The highest BCUT2D eigenvalue weighted by Crippen LogP contribution is 2.29. The van der Waals surface area contributed by atoms with Gasteiger partial charge in [0.1, 0.15) is 0 Å². The van der Waals surface area contributed by atoms with Crippen molar-refractivity contribution < 1.29 is 19.1 Å². The van der Waals surface area contributed by atoms with Crippen LogP contribution in [0.4, 0.5) is 0 Å². The SMILES string of the molecule is COc1cc(C(=O)NNC(=O)CSc2ccc(C)c(C)c2)ccc1OC(C)C. The van der Waals surface area contributed by atoms with E-state index in [4.69, 9.17) is 9.47 Å². The molecule has 0 aliphatic heterocycles. The van der Waals surface area contributed by atoms with Crippen LogP contribution in [-0.2, 0) is 4.79 Å². The maximum Gasteiger partial charge on any atom is 0.269 e. The fourth-order valence-electron chi connectivity index (χ4n) is 2.35. The molecule has 28 heavy (non-hydrogen) atoms. The quantitative estimate of drug-likeness (QED) is 0.546. The Labute approximate surface area is 170 Å². The predicted octanol–water partition coefficient (Wildman–Crippen LogP) is 3.65. The van der Waals surface area contributed by atoms with Gasteiger partial charge in [-0.25, -0.2) is 0 Å². The van der Waals surface area contributed by atoms with Crippen LogP contribution in [0.1, 0.15) is 35.3 Å². The summed E-state index contributed by atoms with van der Waals surface area (Å²) in [6.45, 7) is 7.89. The molecule has 2 N–H and O–H groups in total. The summed E-state index contributed by atoms with van der Waals surface area (Å²) in [7, 11) is 1.51. The third kappa shape index (κ3) is 6.20. The summed E-state index contributed by atoms with van der Waals surface area (Å²) in [5, 5.41) is 0. The fourth-order valence-corrected chi connectivity index (χ4v) is 3.14. The number of nitrogens with one attached hydrogen (secondary N) is 2. The Morgan fingerprint density at radius 3 is 2.39 bits per heavy atom. The summed E-state index contributed by atoms with van der Waals surface area (Å²) in [6.07, 6.45) is -0.0114. The van der Waals surface area contributed by atoms with Crippen LogP contribution < -0.4 is 20.3 Å². The summed E-state index contributed by atoms with van der Waals surface area (Å²) in [4.78, 5) is 25.3. The minimum absolute atomic E-state index is 0.0114. The van der Waals surface area contributed by atoms with Crippen LogP contribution in [0.3, 0.4) is 0 Å². The second kappa shape index (κ2) is 10.0. The van der Waals surface area contributed by atoms with Crippen LogP contribution in [0, 0.1) is 13.8 Å². The fraction of sp³-hybridized carbons (Fsp3) is 0.333. The van der Waals surface area contributed by atoms with Gasteiger partial charge in [-0.2, -0.15) is 0 Å². The zero-order valence-corrected chi connectivity index (χ0v) is 17.6. The normalized spacial score (nSPS) is 10.5. The molecule has 0 saturated carbocycles. The number of rotatable bonds is 7. The van der Waals surface area contributed by atoms with Gasteiger partial charge in [-0.15, -0.1) is 11.8 Å². The summed E-state index contributed by atoms with van der Waals surface area (Å²) in [6, 6.07) is 10.9. The van der Waals surface area contributed by atoms with Gasteiger partial charge in [0, 0.05) is 10.5 Å². The molecule has 2 rings (SSSR count). The van der Waals surface area contributed by atoms with Crippen LogP contribution in [-0.4, -0.2) is 30.8 Å². The molecule has 0 heterocycles. The van der Waals surface area contributed by atoms with Gasteiger partial charge in [-0.05, 0) is 69.2 Å². The summed E-state index contributed by atoms with van der Waals surface area (Å²) in [5.41, 5.74) is 7.59. The molecule has 0 spiro atoms. The largest absolute Gasteiger partial charge is 0.493 e. The Bertz CT molecular complexity index is 852. The highest BCUT2D eigenvalue weighted by molar-refractivity contribution is 8.00. The van der Waals surface area contributed by atoms with E-state index >= 15 is 0 Å². The molecule has 0 fully saturated rings. The van der Waals surface area contributed by atoms with E-state index in [1.165, 1.54) is 30.0 Å². The maximum atomic E-state index is 12.3. The molecule has 2 amide bonds. The van der Waals surface area contributed by atoms with Crippen molar-refractivity contribution in [2.24, 2.45) is 0 Å². The van der Waals surface area contributed by atoms with E-state index in [1.54, 1.807) is 18.2 Å². The van der Waals surface area contributed by atoms with Crippen molar-refractivity contribution in [3.63, 3.8) is 0 Å². The zero-order chi connectivity index (χ0) is 20.7. The van der Waals surface area contributed by atoms with Crippen molar-refractivity contribution in [3.8, 4) is 11.5 Å². The van der Waals surface area contributed by atoms with Gasteiger partial charge in [0.2, 0.25) is 5.91 Å². The maximum absolute atomic E-state index is 12.3. The lowest BCUT2D eigenvalue weighted by Crippen LogP contribution is -2.42. The highest BCUT2D eigenvalue weighted by atomic mass is 32.2. The third-order valence-electron chi connectivity index (χ3n) is 3.95. The molecular formula is C21H26N2O4S. The average Bonchev–Trinajstić information content (AvgIpc) is 2.66. The molecule has 0 aliphatic rings. The minimum atomic E-state index is -0.432. The van der Waals surface area contributed by atoms with Gasteiger partial charge in [0.05, 0.1) is 19.0 Å². The van der Waals surface area contributed by atoms with Crippen LogP contribution in [0.2, 0.25) is 0 Å². The third-order valence-corrected chi connectivity index (χ3v) is 4.95. The van der Waals surface area contributed by atoms with Gasteiger partial charge in [-0.1, -0.05) is 6.07 Å². The Morgan fingerprint density at radius 2 is 1.75 bits per heavy atom. The monoisotopic (exact) mass is 402 g/mol. The predicted molar refractivity (Wildman–Crippen MR) is 111 cm³/mol. The van der Waals surface area contributed by atoms with Crippen molar-refractivity contribution in [3.05, 3.63) is 53.1 Å². The van der Waals surface area contributed by atoms with Crippen molar-refractivity contribution in [1.29, 1.82) is 0 Å². The van der Waals surface area contributed by atoms with Gasteiger partial charge in [0.15, 0.2) is 11.5 Å². The Kier molecular flexibility index (Phi) is 7.75. The van der Waals surface area contributed by atoms with Crippen LogP contribution in [0.5, 0.6) is 11.5 Å². The number of hydrogen-bond donors (Lipinski definition) is 2. The molecule has 150 valence electrons. The molecule has 7 heteroatoms. The van der Waals surface area contributed by atoms with Gasteiger partial charge in [0.25, 0.3) is 5.91 Å². The minimum Gasteiger partial charge on any atom is -0.493 e. The summed E-state index contributed by atoms with van der Waals surface area (Å²) in [5.74, 6) is 0.496. The number of aryl methyl sites for hydroxylation is 2. The number of amides is 2.